The largest absolute Gasteiger partial charge is 0.393 e. The van der Waals surface area contributed by atoms with Gasteiger partial charge in [-0.3, -0.25) is 4.90 Å². The van der Waals surface area contributed by atoms with E-state index in [-0.39, 0.29) is 6.10 Å². The van der Waals surface area contributed by atoms with Crippen LogP contribution < -0.4 is 0 Å². The maximum Gasteiger partial charge on any atom is 0.0589 e. The van der Waals surface area contributed by atoms with E-state index in [0.29, 0.717) is 5.92 Å². The van der Waals surface area contributed by atoms with Gasteiger partial charge in [0.05, 0.1) is 19.3 Å². The Bertz CT molecular complexity index is 230. The summed E-state index contributed by atoms with van der Waals surface area (Å²) in [6.07, 6.45) is 5.77. The Kier molecular flexibility index (Phi) is 9.44. The normalized spacial score (nSPS) is 27.1. The molecular weight excluding hydrogens is 254 g/mol. The second-order valence-corrected chi connectivity index (χ2v) is 6.08. The van der Waals surface area contributed by atoms with Gasteiger partial charge in [0, 0.05) is 33.9 Å². The van der Waals surface area contributed by atoms with E-state index in [2.05, 4.69) is 11.8 Å². The number of rotatable bonds is 10. The average Bonchev–Trinajstić information content (AvgIpc) is 2.45. The van der Waals surface area contributed by atoms with Crippen LogP contribution in [0.25, 0.3) is 0 Å². The van der Waals surface area contributed by atoms with E-state index in [0.717, 1.165) is 45.2 Å². The first-order chi connectivity index (χ1) is 9.71. The maximum absolute atomic E-state index is 10.3. The van der Waals surface area contributed by atoms with Gasteiger partial charge in [-0.2, -0.15) is 0 Å². The molecule has 0 aromatic rings. The molecule has 1 N–H and O–H groups in total. The molecule has 120 valence electrons. The number of hydrogen-bond donors (Lipinski definition) is 1. The fourth-order valence-corrected chi connectivity index (χ4v) is 3.28. The highest BCUT2D eigenvalue weighted by Gasteiger charge is 2.29. The lowest BCUT2D eigenvalue weighted by molar-refractivity contribution is 0.0162. The zero-order valence-electron chi connectivity index (χ0n) is 13.5. The van der Waals surface area contributed by atoms with Crippen molar-refractivity contribution in [3.63, 3.8) is 0 Å². The summed E-state index contributed by atoms with van der Waals surface area (Å²) in [6, 6.07) is 0. The van der Waals surface area contributed by atoms with Gasteiger partial charge in [-0.25, -0.2) is 0 Å². The molecule has 4 nitrogen and oxygen atoms in total. The molecule has 1 rings (SSSR count). The molecule has 3 unspecified atom stereocenters. The lowest BCUT2D eigenvalue weighted by atomic mass is 9.77. The molecule has 0 aromatic carbocycles. The van der Waals surface area contributed by atoms with E-state index >= 15 is 0 Å². The zero-order chi connectivity index (χ0) is 14.8. The predicted molar refractivity (Wildman–Crippen MR) is 81.9 cm³/mol. The Hall–Kier alpha value is -0.160. The number of hydrogen-bond acceptors (Lipinski definition) is 4. The predicted octanol–water partition coefficient (Wildman–Crippen LogP) is 2.16. The monoisotopic (exact) mass is 287 g/mol. The number of ether oxygens (including phenoxy) is 2. The van der Waals surface area contributed by atoms with Crippen LogP contribution in [0.15, 0.2) is 0 Å². The van der Waals surface area contributed by atoms with Crippen molar-refractivity contribution < 1.29 is 14.6 Å². The topological polar surface area (TPSA) is 41.9 Å². The fourth-order valence-electron chi connectivity index (χ4n) is 3.28. The molecule has 0 bridgehead atoms. The minimum Gasteiger partial charge on any atom is -0.393 e. The summed E-state index contributed by atoms with van der Waals surface area (Å²) >= 11 is 0. The lowest BCUT2D eigenvalue weighted by Crippen LogP contribution is -2.41. The molecule has 0 amide bonds. The zero-order valence-corrected chi connectivity index (χ0v) is 13.5. The smallest absolute Gasteiger partial charge is 0.0589 e. The quantitative estimate of drug-likeness (QED) is 0.668. The van der Waals surface area contributed by atoms with Crippen LogP contribution >= 0.6 is 0 Å². The number of methoxy groups -OCH3 is 2. The fraction of sp³-hybridized carbons (Fsp3) is 1.00. The SMILES string of the molecule is CCCC1CCC(O)C(CN(CCOC)CCOC)C1. The molecule has 0 spiro atoms. The first kappa shape index (κ1) is 17.9. The first-order valence-corrected chi connectivity index (χ1v) is 8.09. The second kappa shape index (κ2) is 10.6. The third kappa shape index (κ3) is 6.53. The summed E-state index contributed by atoms with van der Waals surface area (Å²) in [4.78, 5) is 2.37. The molecular formula is C16H33NO3. The number of nitrogens with zero attached hydrogens (tertiary/aromatic N) is 1. The van der Waals surface area contributed by atoms with Gasteiger partial charge in [0.1, 0.15) is 0 Å². The molecule has 1 fully saturated rings. The molecule has 20 heavy (non-hydrogen) atoms. The van der Waals surface area contributed by atoms with Crippen LogP contribution in [-0.4, -0.2) is 63.2 Å². The summed E-state index contributed by atoms with van der Waals surface area (Å²) in [5.74, 6) is 1.22. The van der Waals surface area contributed by atoms with Crippen LogP contribution in [-0.2, 0) is 9.47 Å². The lowest BCUT2D eigenvalue weighted by Gasteiger charge is -2.36. The van der Waals surface area contributed by atoms with E-state index < -0.39 is 0 Å². The Morgan fingerprint density at radius 2 is 1.75 bits per heavy atom. The second-order valence-electron chi connectivity index (χ2n) is 6.08. The van der Waals surface area contributed by atoms with Crippen LogP contribution in [0, 0.1) is 11.8 Å². The summed E-state index contributed by atoms with van der Waals surface area (Å²) < 4.78 is 10.4. The van der Waals surface area contributed by atoms with E-state index in [1.54, 1.807) is 14.2 Å². The summed E-state index contributed by atoms with van der Waals surface area (Å²) in [5, 5.41) is 10.3. The van der Waals surface area contributed by atoms with Crippen molar-refractivity contribution in [2.24, 2.45) is 11.8 Å². The molecule has 1 aliphatic carbocycles. The Labute approximate surface area is 124 Å². The van der Waals surface area contributed by atoms with Gasteiger partial charge in [-0.05, 0) is 31.1 Å². The Balaban J connectivity index is 2.45. The molecule has 1 saturated carbocycles. The van der Waals surface area contributed by atoms with Crippen molar-refractivity contribution in [1.82, 2.24) is 4.90 Å². The third-order valence-corrected chi connectivity index (χ3v) is 4.46. The van der Waals surface area contributed by atoms with E-state index in [4.69, 9.17) is 9.47 Å². The van der Waals surface area contributed by atoms with E-state index in [1.165, 1.54) is 25.7 Å². The molecule has 0 radical (unpaired) electrons. The van der Waals surface area contributed by atoms with Crippen LogP contribution in [0.5, 0.6) is 0 Å². The van der Waals surface area contributed by atoms with Crippen LogP contribution in [0.3, 0.4) is 0 Å². The Morgan fingerprint density at radius 3 is 2.30 bits per heavy atom. The highest BCUT2D eigenvalue weighted by atomic mass is 16.5. The highest BCUT2D eigenvalue weighted by molar-refractivity contribution is 4.82. The summed E-state index contributed by atoms with van der Waals surface area (Å²) in [5.41, 5.74) is 0. The first-order valence-electron chi connectivity index (χ1n) is 8.09. The van der Waals surface area contributed by atoms with Crippen molar-refractivity contribution in [3.05, 3.63) is 0 Å². The minimum absolute atomic E-state index is 0.129. The standard InChI is InChI=1S/C16H33NO3/c1-4-5-14-6-7-16(18)15(12-14)13-17(8-10-19-2)9-11-20-3/h14-16,18H,4-13H2,1-3H3. The molecule has 0 saturated heterocycles. The van der Waals surface area contributed by atoms with Gasteiger partial charge in [0.15, 0.2) is 0 Å². The van der Waals surface area contributed by atoms with Crippen LogP contribution in [0.2, 0.25) is 0 Å². The van der Waals surface area contributed by atoms with Gasteiger partial charge in [0.2, 0.25) is 0 Å². The maximum atomic E-state index is 10.3. The Morgan fingerprint density at radius 1 is 1.10 bits per heavy atom. The van der Waals surface area contributed by atoms with Crippen molar-refractivity contribution in [1.29, 1.82) is 0 Å². The number of aliphatic hydroxyl groups excluding tert-OH is 1. The van der Waals surface area contributed by atoms with Crippen LogP contribution in [0.4, 0.5) is 0 Å². The van der Waals surface area contributed by atoms with Gasteiger partial charge in [-0.15, -0.1) is 0 Å². The molecule has 4 heteroatoms. The van der Waals surface area contributed by atoms with Crippen molar-refractivity contribution in [2.45, 2.75) is 45.1 Å². The van der Waals surface area contributed by atoms with Gasteiger partial charge in [0.25, 0.3) is 0 Å². The summed E-state index contributed by atoms with van der Waals surface area (Å²) in [7, 11) is 3.47. The number of aliphatic hydroxyl groups is 1. The van der Waals surface area contributed by atoms with Gasteiger partial charge < -0.3 is 14.6 Å². The molecule has 0 heterocycles. The van der Waals surface area contributed by atoms with Crippen LogP contribution in [0.1, 0.15) is 39.0 Å². The van der Waals surface area contributed by atoms with Crippen molar-refractivity contribution in [2.75, 3.05) is 47.1 Å². The molecule has 0 aromatic heterocycles. The highest BCUT2D eigenvalue weighted by Crippen LogP contribution is 2.32. The van der Waals surface area contributed by atoms with Gasteiger partial charge >= 0.3 is 0 Å². The minimum atomic E-state index is -0.129. The molecule has 0 aliphatic heterocycles. The van der Waals surface area contributed by atoms with Gasteiger partial charge in [-0.1, -0.05) is 19.8 Å². The molecule has 1 aliphatic rings. The van der Waals surface area contributed by atoms with Crippen molar-refractivity contribution in [3.8, 4) is 0 Å². The summed E-state index contributed by atoms with van der Waals surface area (Å²) in [6.45, 7) is 6.54. The third-order valence-electron chi connectivity index (χ3n) is 4.46. The average molecular weight is 287 g/mol. The van der Waals surface area contributed by atoms with E-state index in [9.17, 15) is 5.11 Å². The van der Waals surface area contributed by atoms with Crippen molar-refractivity contribution >= 4 is 0 Å². The van der Waals surface area contributed by atoms with E-state index in [1.807, 2.05) is 0 Å². The molecule has 3 atom stereocenters.